The molecule has 0 saturated carbocycles. The minimum Gasteiger partial charge on any atom is -0.423 e. The van der Waals surface area contributed by atoms with Crippen LogP contribution in [0.25, 0.3) is 147 Å². The number of hydrogen-bond acceptors (Lipinski definition) is 7. The maximum absolute atomic E-state index is 11.1. The molecule has 0 radical (unpaired) electrons. The van der Waals surface area contributed by atoms with Crippen LogP contribution in [0, 0.1) is 0 Å². The third-order valence-corrected chi connectivity index (χ3v) is 24.0. The van der Waals surface area contributed by atoms with Gasteiger partial charge in [0.25, 0.3) is 0 Å². The highest BCUT2D eigenvalue weighted by molar-refractivity contribution is 9.11. The molecule has 3 saturated heterocycles. The Bertz CT molecular complexity index is 6370. The van der Waals surface area contributed by atoms with Gasteiger partial charge in [-0.3, -0.25) is 9.59 Å². The summed E-state index contributed by atoms with van der Waals surface area (Å²) in [6.45, 7) is 14.5. The molecule has 0 aliphatic carbocycles. The molecule has 3 heterocycles. The van der Waals surface area contributed by atoms with Gasteiger partial charge in [0, 0.05) is 59.7 Å². The van der Waals surface area contributed by atoms with Gasteiger partial charge in [0.2, 0.25) is 0 Å². The molecular formula is C114H101BBr2O7. The molecular weight excluding hydrogens is 1650 g/mol. The van der Waals surface area contributed by atoms with Gasteiger partial charge in [-0.1, -0.05) is 358 Å². The van der Waals surface area contributed by atoms with E-state index in [2.05, 4.69) is 331 Å². The van der Waals surface area contributed by atoms with Crippen LogP contribution in [0.15, 0.2) is 386 Å². The number of carbonyl (C=O) groups is 2. The minimum atomic E-state index is -1.45. The summed E-state index contributed by atoms with van der Waals surface area (Å²) in [4.78, 5) is 21.3. The molecule has 3 aliphatic heterocycles. The molecule has 3 fully saturated rings. The number of benzene rings is 19. The van der Waals surface area contributed by atoms with E-state index in [0.29, 0.717) is 22.5 Å². The maximum Gasteiger partial charge on any atom is 0.489 e. The highest BCUT2D eigenvalue weighted by Crippen LogP contribution is 2.41. The first kappa shape index (κ1) is 88.0. The van der Waals surface area contributed by atoms with Gasteiger partial charge in [0.1, 0.15) is 12.6 Å². The summed E-state index contributed by atoms with van der Waals surface area (Å²) in [5, 5.41) is 43.4. The Labute approximate surface area is 744 Å². The van der Waals surface area contributed by atoms with Crippen molar-refractivity contribution < 1.29 is 33.8 Å². The normalized spacial score (nSPS) is 12.7. The first-order chi connectivity index (χ1) is 61.0. The van der Waals surface area contributed by atoms with E-state index in [4.69, 9.17) is 14.2 Å². The van der Waals surface area contributed by atoms with Crippen LogP contribution in [-0.4, -0.2) is 69.4 Å². The van der Waals surface area contributed by atoms with E-state index in [1.165, 1.54) is 169 Å². The van der Waals surface area contributed by atoms with E-state index in [-0.39, 0.29) is 0 Å². The summed E-state index contributed by atoms with van der Waals surface area (Å²) in [6.07, 6.45) is 12.5. The van der Waals surface area contributed by atoms with Crippen LogP contribution in [0.3, 0.4) is 0 Å². The summed E-state index contributed by atoms with van der Waals surface area (Å²) in [6, 6.07) is 128. The number of rotatable bonds is 9. The van der Waals surface area contributed by atoms with Crippen molar-refractivity contribution >= 4 is 171 Å². The molecule has 7 nitrogen and oxygen atoms in total. The van der Waals surface area contributed by atoms with Gasteiger partial charge >= 0.3 is 7.12 Å². The van der Waals surface area contributed by atoms with E-state index in [0.717, 1.165) is 89.4 Å². The second-order valence-corrected chi connectivity index (χ2v) is 32.7. The molecule has 0 amide bonds. The Morgan fingerprint density at radius 2 is 0.573 bits per heavy atom. The predicted molar refractivity (Wildman–Crippen MR) is 535 cm³/mol. The van der Waals surface area contributed by atoms with Crippen LogP contribution in [0.4, 0.5) is 0 Å². The van der Waals surface area contributed by atoms with Crippen LogP contribution >= 0.6 is 31.9 Å². The Hall–Kier alpha value is -12.3. The van der Waals surface area contributed by atoms with Crippen molar-refractivity contribution in [3.8, 4) is 33.4 Å². The summed E-state index contributed by atoms with van der Waals surface area (Å²) in [7, 11) is -1.45. The van der Waals surface area contributed by atoms with E-state index in [1.807, 2.05) is 84.9 Å². The highest BCUT2D eigenvalue weighted by Gasteiger charge is 2.20. The second-order valence-electron chi connectivity index (χ2n) is 31.0. The molecule has 1 unspecified atom stereocenters. The Morgan fingerprint density at radius 3 is 0.855 bits per heavy atom. The van der Waals surface area contributed by atoms with Gasteiger partial charge in [0.15, 0.2) is 0 Å². The fourth-order valence-electron chi connectivity index (χ4n) is 16.2. The molecule has 22 rings (SSSR count). The van der Waals surface area contributed by atoms with Gasteiger partial charge in [-0.25, -0.2) is 0 Å². The average Bonchev–Trinajstić information content (AvgIpc) is 0.834. The topological polar surface area (TPSA) is 102 Å². The van der Waals surface area contributed by atoms with Crippen LogP contribution in [0.2, 0.25) is 0 Å². The van der Waals surface area contributed by atoms with Crippen molar-refractivity contribution in [2.75, 3.05) is 39.6 Å². The van der Waals surface area contributed by atoms with Crippen molar-refractivity contribution in [3.05, 3.63) is 408 Å². The molecule has 2 N–H and O–H groups in total. The van der Waals surface area contributed by atoms with Gasteiger partial charge in [-0.05, 0) is 279 Å². The summed E-state index contributed by atoms with van der Waals surface area (Å²) in [5.41, 5.74) is 12.0. The molecule has 10 heteroatoms. The van der Waals surface area contributed by atoms with Crippen LogP contribution in [-0.2, 0) is 14.2 Å². The molecule has 0 spiro atoms. The maximum atomic E-state index is 11.1. The van der Waals surface area contributed by atoms with Crippen molar-refractivity contribution in [2.24, 2.45) is 0 Å². The zero-order valence-corrected chi connectivity index (χ0v) is 73.4. The molecule has 124 heavy (non-hydrogen) atoms. The summed E-state index contributed by atoms with van der Waals surface area (Å²) >= 11 is 6.93. The number of aldehydes is 2. The first-order valence-electron chi connectivity index (χ1n) is 42.8. The lowest BCUT2D eigenvalue weighted by Gasteiger charge is -2.15. The number of hydrogen-bond donors (Lipinski definition) is 2. The Balaban J connectivity index is 0.000000119. The fraction of sp³-hybridized carbons (Fsp3) is 0.140. The lowest BCUT2D eigenvalue weighted by atomic mass is 9.74. The van der Waals surface area contributed by atoms with Gasteiger partial charge in [-0.2, -0.15) is 0 Å². The van der Waals surface area contributed by atoms with E-state index >= 15 is 0 Å². The highest BCUT2D eigenvalue weighted by atomic mass is 79.9. The van der Waals surface area contributed by atoms with Crippen molar-refractivity contribution in [1.82, 2.24) is 0 Å². The Morgan fingerprint density at radius 1 is 0.315 bits per heavy atom. The standard InChI is InChI=1S/C24H22.C22H16.C21H14O.C14H11BO2.C14H9Br.C7H5BrO.3C4H8O/c1-3-17(2)18-11-8-12-21(15-18)24-22-13-6-4-9-19(22)16-20-10-5-7-14-23(20)24;1-2-16-8-7-11-19(14-16)22-20-12-5-3-9-17(20)15-18-10-4-6-13-21(18)22;22-14-15-6-5-9-18(12-15)21-19-10-3-1-7-16(19)13-17-8-2-4-11-20(17)21;16-15(17)14-12-7-3-1-5-10(12)9-11-6-2-4-8-13(11)14;15-14-12-7-3-1-5-10(12)9-11-6-2-4-8-13(11)14;8-7-3-1-2-6(4-7)5-9;3*1-2-4-5-3-1/h4-17H,3H2,1-2H3;2-15H,1H2;1-14H;1-9,16-17H;1-9H;1-5H;3*1-4H2. The lowest BCUT2D eigenvalue weighted by Crippen LogP contribution is -2.31. The van der Waals surface area contributed by atoms with Crippen molar-refractivity contribution in [1.29, 1.82) is 0 Å². The van der Waals surface area contributed by atoms with Crippen molar-refractivity contribution in [2.45, 2.75) is 64.7 Å². The largest absolute Gasteiger partial charge is 0.489 e. The third-order valence-electron chi connectivity index (χ3n) is 22.6. The number of carbonyl (C=O) groups excluding carboxylic acids is 2. The smallest absolute Gasteiger partial charge is 0.423 e. The number of ether oxygens (including phenoxy) is 3. The van der Waals surface area contributed by atoms with E-state index < -0.39 is 7.12 Å². The third kappa shape index (κ3) is 22.4. The molecule has 19 aromatic rings. The van der Waals surface area contributed by atoms with E-state index in [9.17, 15) is 19.6 Å². The molecule has 616 valence electrons. The van der Waals surface area contributed by atoms with Crippen molar-refractivity contribution in [3.63, 3.8) is 0 Å². The molecule has 19 aromatic carbocycles. The summed E-state index contributed by atoms with van der Waals surface area (Å²) < 4.78 is 17.0. The molecule has 0 bridgehead atoms. The monoisotopic (exact) mass is 1750 g/mol. The summed E-state index contributed by atoms with van der Waals surface area (Å²) in [5.74, 6) is 0.589. The Kier molecular flexibility index (Phi) is 31.7. The molecule has 3 aliphatic rings. The second kappa shape index (κ2) is 44.7. The zero-order valence-electron chi connectivity index (χ0n) is 70.2. The SMILES string of the molecule is Brc1c2ccccc2cc2ccccc12.C1CCOC1.C1CCOC1.C1CCOC1.C=Cc1cccc(-c2c3ccccc3cc3ccccc23)c1.CCC(C)c1cccc(-c2c3ccccc3cc3ccccc23)c1.O=Cc1cccc(-c2c3ccccc3cc3ccccc23)c1.O=Cc1cccc(Br)c1.OB(O)c1c2ccccc2cc2ccccc12. The average molecular weight is 1750 g/mol. The lowest BCUT2D eigenvalue weighted by molar-refractivity contribution is 0.111. The zero-order chi connectivity index (χ0) is 85.8. The van der Waals surface area contributed by atoms with Crippen LogP contribution in [0.1, 0.15) is 96.6 Å². The van der Waals surface area contributed by atoms with Gasteiger partial charge < -0.3 is 24.3 Å². The van der Waals surface area contributed by atoms with E-state index in [1.54, 1.807) is 12.1 Å². The van der Waals surface area contributed by atoms with Crippen LogP contribution < -0.4 is 5.46 Å². The van der Waals surface area contributed by atoms with Crippen LogP contribution in [0.5, 0.6) is 0 Å². The molecule has 0 aromatic heterocycles. The predicted octanol–water partition coefficient (Wildman–Crippen LogP) is 30.0. The van der Waals surface area contributed by atoms with Gasteiger partial charge in [0.05, 0.1) is 0 Å². The molecule has 1 atom stereocenters. The fourth-order valence-corrected chi connectivity index (χ4v) is 17.3. The minimum absolute atomic E-state index is 0.582. The first-order valence-corrected chi connectivity index (χ1v) is 44.4. The van der Waals surface area contributed by atoms with Gasteiger partial charge in [-0.15, -0.1) is 0 Å². The quantitative estimate of drug-likeness (QED) is 0.0843. The number of halogens is 2. The number of fused-ring (bicyclic) bond motifs is 10.